The number of ether oxygens (including phenoxy) is 1. The molecule has 0 aromatic heterocycles. The molecule has 1 amide bonds. The number of nitrogens with one attached hydrogen (secondary N) is 1. The second-order valence-electron chi connectivity index (χ2n) is 6.50. The van der Waals surface area contributed by atoms with Gasteiger partial charge in [0.25, 0.3) is 5.91 Å². The van der Waals surface area contributed by atoms with E-state index in [9.17, 15) is 13.6 Å². The summed E-state index contributed by atoms with van der Waals surface area (Å²) in [7, 11) is 3.69. The van der Waals surface area contributed by atoms with Crippen molar-refractivity contribution in [2.24, 2.45) is 5.73 Å². The minimum absolute atomic E-state index is 0.0308. The number of amides is 1. The van der Waals surface area contributed by atoms with Crippen LogP contribution in [0.5, 0.6) is 5.75 Å². The highest BCUT2D eigenvalue weighted by Crippen LogP contribution is 2.33. The Balaban J connectivity index is 2.43. The van der Waals surface area contributed by atoms with Gasteiger partial charge in [-0.15, -0.1) is 0 Å². The molecule has 0 fully saturated rings. The van der Waals surface area contributed by atoms with E-state index in [1.165, 1.54) is 0 Å². The highest BCUT2D eigenvalue weighted by molar-refractivity contribution is 14.1. The summed E-state index contributed by atoms with van der Waals surface area (Å²) in [5, 5.41) is 2.79. The number of rotatable bonds is 7. The third-order valence-electron chi connectivity index (χ3n) is 4.25. The number of carbonyl (C=O) groups is 1. The zero-order chi connectivity index (χ0) is 20.3. The number of aryl methyl sites for hydroxylation is 1. The predicted octanol–water partition coefficient (Wildman–Crippen LogP) is 4.05. The van der Waals surface area contributed by atoms with Crippen molar-refractivity contribution in [1.29, 1.82) is 0 Å². The van der Waals surface area contributed by atoms with Crippen molar-refractivity contribution < 1.29 is 18.3 Å². The number of halogens is 3. The summed E-state index contributed by atoms with van der Waals surface area (Å²) < 4.78 is 35.6. The standard InChI is InChI=1S/C19H22F2IN3O2/c1-10-7-12(22)5-6-14(10)24-18-13(19(23)26)8-15(16(20)17(18)21)27-9-11(2)25(3)4/h5-8,11,24H,9H2,1-4H3,(H2,23,26). The minimum atomic E-state index is -1.21. The molecule has 0 saturated heterocycles. The molecule has 0 radical (unpaired) electrons. The van der Waals surface area contributed by atoms with Crippen LogP contribution in [0.1, 0.15) is 22.8 Å². The molecule has 5 nitrogen and oxygen atoms in total. The quantitative estimate of drug-likeness (QED) is 0.577. The van der Waals surface area contributed by atoms with Crippen LogP contribution in [0.4, 0.5) is 20.2 Å². The number of anilines is 2. The highest BCUT2D eigenvalue weighted by atomic mass is 127. The minimum Gasteiger partial charge on any atom is -0.489 e. The van der Waals surface area contributed by atoms with Crippen molar-refractivity contribution >= 4 is 39.9 Å². The van der Waals surface area contributed by atoms with Crippen LogP contribution in [0.3, 0.4) is 0 Å². The van der Waals surface area contributed by atoms with Crippen LogP contribution in [-0.2, 0) is 0 Å². The Morgan fingerprint density at radius 2 is 1.96 bits per heavy atom. The molecule has 0 bridgehead atoms. The Morgan fingerprint density at radius 3 is 2.52 bits per heavy atom. The maximum atomic E-state index is 14.7. The molecule has 3 N–H and O–H groups in total. The third-order valence-corrected chi connectivity index (χ3v) is 4.92. The zero-order valence-corrected chi connectivity index (χ0v) is 17.7. The van der Waals surface area contributed by atoms with Crippen LogP contribution in [0, 0.1) is 22.1 Å². The van der Waals surface area contributed by atoms with Gasteiger partial charge < -0.3 is 20.7 Å². The van der Waals surface area contributed by atoms with Crippen molar-refractivity contribution in [3.8, 4) is 5.75 Å². The first-order chi connectivity index (χ1) is 12.6. The number of carbonyl (C=O) groups excluding carboxylic acids is 1. The number of hydrogen-bond acceptors (Lipinski definition) is 4. The third kappa shape index (κ3) is 5.07. The van der Waals surface area contributed by atoms with E-state index in [1.807, 2.05) is 45.0 Å². The molecular formula is C19H22F2IN3O2. The maximum Gasteiger partial charge on any atom is 0.251 e. The lowest BCUT2D eigenvalue weighted by atomic mass is 10.1. The van der Waals surface area contributed by atoms with Gasteiger partial charge >= 0.3 is 0 Å². The molecule has 146 valence electrons. The number of likely N-dealkylation sites (N-methyl/N-ethyl adjacent to an activating group) is 1. The van der Waals surface area contributed by atoms with E-state index >= 15 is 0 Å². The van der Waals surface area contributed by atoms with Gasteiger partial charge in [-0.25, -0.2) is 4.39 Å². The summed E-state index contributed by atoms with van der Waals surface area (Å²) in [6.45, 7) is 3.83. The summed E-state index contributed by atoms with van der Waals surface area (Å²) in [4.78, 5) is 13.7. The number of nitrogens with two attached hydrogens (primary N) is 1. The Hall–Kier alpha value is -1.94. The molecule has 1 atom stereocenters. The van der Waals surface area contributed by atoms with Crippen LogP contribution >= 0.6 is 22.6 Å². The molecule has 1 unspecified atom stereocenters. The summed E-state index contributed by atoms with van der Waals surface area (Å²) in [6, 6.07) is 6.52. The lowest BCUT2D eigenvalue weighted by molar-refractivity contribution is 0.1000. The smallest absolute Gasteiger partial charge is 0.251 e. The molecule has 0 saturated carbocycles. The second-order valence-corrected chi connectivity index (χ2v) is 7.74. The summed E-state index contributed by atoms with van der Waals surface area (Å²) in [6.07, 6.45) is 0. The molecule has 8 heteroatoms. The molecule has 0 heterocycles. The van der Waals surface area contributed by atoms with E-state index < -0.39 is 17.5 Å². The first-order valence-electron chi connectivity index (χ1n) is 8.26. The van der Waals surface area contributed by atoms with Crippen LogP contribution < -0.4 is 15.8 Å². The first kappa shape index (κ1) is 21.4. The molecule has 2 aromatic carbocycles. The molecule has 0 spiro atoms. The normalized spacial score (nSPS) is 12.1. The van der Waals surface area contributed by atoms with Crippen molar-refractivity contribution in [3.05, 3.63) is 50.6 Å². The summed E-state index contributed by atoms with van der Waals surface area (Å²) in [5.41, 5.74) is 6.26. The van der Waals surface area contributed by atoms with E-state index in [4.69, 9.17) is 10.5 Å². The molecule has 0 aliphatic heterocycles. The van der Waals surface area contributed by atoms with E-state index in [0.717, 1.165) is 15.2 Å². The van der Waals surface area contributed by atoms with Gasteiger partial charge in [0.15, 0.2) is 11.6 Å². The van der Waals surface area contributed by atoms with Crippen molar-refractivity contribution in [2.75, 3.05) is 26.0 Å². The van der Waals surface area contributed by atoms with Gasteiger partial charge in [-0.3, -0.25) is 4.79 Å². The molecule has 2 aromatic rings. The number of nitrogens with zero attached hydrogens (tertiary/aromatic N) is 1. The SMILES string of the molecule is Cc1cc(I)ccc1Nc1c(C(N)=O)cc(OCC(C)N(C)C)c(F)c1F. The lowest BCUT2D eigenvalue weighted by Gasteiger charge is -2.21. The van der Waals surface area contributed by atoms with Gasteiger partial charge in [0.05, 0.1) is 11.3 Å². The molecular weight excluding hydrogens is 467 g/mol. The zero-order valence-electron chi connectivity index (χ0n) is 15.6. The average molecular weight is 489 g/mol. The fourth-order valence-electron chi connectivity index (χ4n) is 2.29. The van der Waals surface area contributed by atoms with E-state index in [2.05, 4.69) is 27.9 Å². The predicted molar refractivity (Wildman–Crippen MR) is 111 cm³/mol. The maximum absolute atomic E-state index is 14.7. The number of primary amides is 1. The first-order valence-corrected chi connectivity index (χ1v) is 9.33. The Bertz CT molecular complexity index is 859. The van der Waals surface area contributed by atoms with E-state index in [1.54, 1.807) is 6.07 Å². The van der Waals surface area contributed by atoms with Crippen molar-refractivity contribution in [3.63, 3.8) is 0 Å². The van der Waals surface area contributed by atoms with Gasteiger partial charge in [-0.2, -0.15) is 4.39 Å². The van der Waals surface area contributed by atoms with Gasteiger partial charge in [0.2, 0.25) is 5.82 Å². The Labute approximate surface area is 171 Å². The highest BCUT2D eigenvalue weighted by Gasteiger charge is 2.23. The van der Waals surface area contributed by atoms with Crippen molar-refractivity contribution in [1.82, 2.24) is 4.90 Å². The summed E-state index contributed by atoms with van der Waals surface area (Å²) >= 11 is 2.15. The Kier molecular flexibility index (Phi) is 6.99. The van der Waals surface area contributed by atoms with Crippen LogP contribution in [0.15, 0.2) is 24.3 Å². The van der Waals surface area contributed by atoms with E-state index in [-0.39, 0.29) is 29.6 Å². The molecule has 2 rings (SSSR count). The van der Waals surface area contributed by atoms with Crippen LogP contribution in [0.25, 0.3) is 0 Å². The van der Waals surface area contributed by atoms with Crippen LogP contribution in [-0.4, -0.2) is 37.6 Å². The summed E-state index contributed by atoms with van der Waals surface area (Å²) in [5.74, 6) is -3.61. The number of benzene rings is 2. The van der Waals surface area contributed by atoms with Gasteiger partial charge in [0.1, 0.15) is 6.61 Å². The Morgan fingerprint density at radius 1 is 1.30 bits per heavy atom. The topological polar surface area (TPSA) is 67.6 Å². The average Bonchev–Trinajstić information content (AvgIpc) is 2.59. The van der Waals surface area contributed by atoms with Crippen LogP contribution in [0.2, 0.25) is 0 Å². The van der Waals surface area contributed by atoms with Gasteiger partial charge in [-0.1, -0.05) is 0 Å². The number of hydrogen-bond donors (Lipinski definition) is 2. The fraction of sp³-hybridized carbons (Fsp3) is 0.316. The monoisotopic (exact) mass is 489 g/mol. The molecule has 0 aliphatic rings. The molecule has 0 aliphatic carbocycles. The second kappa shape index (κ2) is 8.83. The van der Waals surface area contributed by atoms with Crippen molar-refractivity contribution in [2.45, 2.75) is 19.9 Å². The molecule has 27 heavy (non-hydrogen) atoms. The largest absolute Gasteiger partial charge is 0.489 e. The van der Waals surface area contributed by atoms with Gasteiger partial charge in [-0.05, 0) is 80.4 Å². The fourth-order valence-corrected chi connectivity index (χ4v) is 2.93. The lowest BCUT2D eigenvalue weighted by Crippen LogP contribution is -2.30. The van der Waals surface area contributed by atoms with Gasteiger partial charge in [0, 0.05) is 15.3 Å². The van der Waals surface area contributed by atoms with E-state index in [0.29, 0.717) is 5.69 Å².